The predicted octanol–water partition coefficient (Wildman–Crippen LogP) is 16.7. The lowest BCUT2D eigenvalue weighted by molar-refractivity contribution is -0.138. The monoisotopic (exact) mass is 1360 g/mol. The average molecular weight is 1360 g/mol. The highest BCUT2D eigenvalue weighted by Gasteiger charge is 2.16. The summed E-state index contributed by atoms with van der Waals surface area (Å²) in [4.78, 5) is 67.9. The number of anilines is 2. The maximum absolute atomic E-state index is 12.7. The number of hydrogen-bond acceptors (Lipinski definition) is 21. The minimum atomic E-state index is -0.615. The van der Waals surface area contributed by atoms with Gasteiger partial charge in [0.1, 0.15) is 34.5 Å². The number of unbranched alkanes of at least 4 members (excludes halogenated alkanes) is 6. The van der Waals surface area contributed by atoms with E-state index in [-0.39, 0.29) is 17.1 Å². The molecule has 6 N–H and O–H groups in total. The summed E-state index contributed by atoms with van der Waals surface area (Å²) >= 11 is 3.04. The number of methoxy groups -OCH3 is 1. The molecule has 2 aromatic heterocycles. The topological polar surface area (TPSA) is 285 Å². The van der Waals surface area contributed by atoms with E-state index in [1.54, 1.807) is 78.9 Å². The molecule has 10 rings (SSSR count). The highest BCUT2D eigenvalue weighted by Crippen LogP contribution is 2.30. The summed E-state index contributed by atoms with van der Waals surface area (Å²) in [6.07, 6.45) is 13.9. The molecule has 0 aliphatic carbocycles. The van der Waals surface area contributed by atoms with Crippen LogP contribution in [0.1, 0.15) is 112 Å². The number of nitrogens with two attached hydrogens (primary N) is 2. The van der Waals surface area contributed by atoms with Crippen LogP contribution < -0.4 is 39.9 Å². The number of esters is 5. The quantitative estimate of drug-likeness (QED) is 0.0107. The van der Waals surface area contributed by atoms with E-state index in [1.807, 2.05) is 54.6 Å². The van der Waals surface area contributed by atoms with Crippen LogP contribution in [0, 0.1) is 10.8 Å². The van der Waals surface area contributed by atoms with Crippen LogP contribution >= 0.6 is 22.7 Å². The molecular formula is C77H78N6O13S2. The number of aryl methyl sites for hydroxylation is 1. The minimum absolute atomic E-state index is 0.229. The van der Waals surface area contributed by atoms with Crippen LogP contribution in [0.5, 0.6) is 34.5 Å². The fourth-order valence-corrected chi connectivity index (χ4v) is 10.7. The number of carbonyl (C=O) groups is 5. The zero-order valence-electron chi connectivity index (χ0n) is 54.6. The number of hydrogen-bond donors (Lipinski definition) is 4. The normalized spacial score (nSPS) is 10.3. The molecule has 8 aromatic carbocycles. The molecule has 0 amide bonds. The van der Waals surface area contributed by atoms with Gasteiger partial charge in [0, 0.05) is 35.7 Å². The maximum atomic E-state index is 12.7. The number of thiazole rings is 2. The second kappa shape index (κ2) is 40.2. The molecule has 0 aliphatic rings. The molecule has 10 aromatic rings. The van der Waals surface area contributed by atoms with Crippen molar-refractivity contribution in [2.24, 2.45) is 0 Å². The van der Waals surface area contributed by atoms with Gasteiger partial charge in [0.15, 0.2) is 10.3 Å². The predicted molar refractivity (Wildman–Crippen MR) is 387 cm³/mol. The smallest absolute Gasteiger partial charge is 0.343 e. The van der Waals surface area contributed by atoms with Gasteiger partial charge in [-0.3, -0.25) is 0 Å². The van der Waals surface area contributed by atoms with Crippen LogP contribution in [0.25, 0.3) is 31.6 Å². The third-order valence-electron chi connectivity index (χ3n) is 14.3. The lowest BCUT2D eigenvalue weighted by Crippen LogP contribution is -2.11. The standard InChI is InChI=1S/C32H35NO5.C31H31NO8.2C7H6N2S/c1-3-9-24-10-12-25(13-11-24)30-19-18-29(22-27(30)23-33)38-32(35)26-14-16-28(17-15-26)36-20-7-5-6-8-21-37-31(34)4-2;1-3-29(33)38-19-7-5-4-6-18-37-25-12-8-22(9-13-25)30(34)39-26-14-10-23(11-15-26)31(35)40-28-17-16-27(36-2)20-24(28)21-32;2*8-7-9-5-3-1-2-4-6(5)10-7/h4,10-19,22-23,33H,2-3,5-9,20-21H2,1H3;3,8-17,20-21,32H,1,4-7,18-19H2,2H3;2*1-4H,(H2,8,9). The molecule has 0 saturated heterocycles. The average Bonchev–Trinajstić information content (AvgIpc) is 1.48. The van der Waals surface area contributed by atoms with Crippen LogP contribution in [-0.4, -0.2) is 85.8 Å². The summed E-state index contributed by atoms with van der Waals surface area (Å²) in [6, 6.07) is 53.8. The summed E-state index contributed by atoms with van der Waals surface area (Å²) in [5.41, 5.74) is 18.3. The van der Waals surface area contributed by atoms with Gasteiger partial charge in [-0.05, 0) is 202 Å². The van der Waals surface area contributed by atoms with E-state index in [0.717, 1.165) is 114 Å². The fraction of sp³-hybridized carbons (Fsp3) is 0.208. The van der Waals surface area contributed by atoms with Crippen molar-refractivity contribution in [1.29, 1.82) is 10.8 Å². The molecule has 0 aliphatic heterocycles. The van der Waals surface area contributed by atoms with Gasteiger partial charge in [0.05, 0.1) is 70.7 Å². The van der Waals surface area contributed by atoms with Crippen molar-refractivity contribution in [3.63, 3.8) is 0 Å². The van der Waals surface area contributed by atoms with Gasteiger partial charge in [-0.15, -0.1) is 0 Å². The molecule has 0 spiro atoms. The van der Waals surface area contributed by atoms with Crippen molar-refractivity contribution in [1.82, 2.24) is 9.97 Å². The zero-order valence-corrected chi connectivity index (χ0v) is 56.2. The number of nitrogens with zero attached hydrogens (tertiary/aromatic N) is 2. The van der Waals surface area contributed by atoms with Gasteiger partial charge in [0.25, 0.3) is 0 Å². The second-order valence-corrected chi connectivity index (χ2v) is 23.6. The van der Waals surface area contributed by atoms with Crippen molar-refractivity contribution in [2.75, 3.05) is 45.0 Å². The third-order valence-corrected chi connectivity index (χ3v) is 16.0. The number of fused-ring (bicyclic) bond motifs is 2. The largest absolute Gasteiger partial charge is 0.497 e. The first kappa shape index (κ1) is 74.1. The van der Waals surface area contributed by atoms with E-state index in [2.05, 4.69) is 54.3 Å². The Balaban J connectivity index is 0.000000213. The summed E-state index contributed by atoms with van der Waals surface area (Å²) in [6.45, 7) is 10.8. The van der Waals surface area contributed by atoms with Crippen molar-refractivity contribution in [3.8, 4) is 45.6 Å². The van der Waals surface area contributed by atoms with Gasteiger partial charge in [-0.25, -0.2) is 33.9 Å². The summed E-state index contributed by atoms with van der Waals surface area (Å²) < 4.78 is 45.2. The van der Waals surface area contributed by atoms with Crippen LogP contribution in [-0.2, 0) is 25.5 Å². The Morgan fingerprint density at radius 1 is 0.469 bits per heavy atom. The van der Waals surface area contributed by atoms with E-state index < -0.39 is 29.8 Å². The van der Waals surface area contributed by atoms with E-state index in [1.165, 1.54) is 65.8 Å². The Morgan fingerprint density at radius 3 is 1.34 bits per heavy atom. The van der Waals surface area contributed by atoms with E-state index in [0.29, 0.717) is 81.9 Å². The molecule has 0 atom stereocenters. The van der Waals surface area contributed by atoms with Crippen LogP contribution in [0.2, 0.25) is 0 Å². The molecule has 98 heavy (non-hydrogen) atoms. The summed E-state index contributed by atoms with van der Waals surface area (Å²) in [7, 11) is 1.51. The van der Waals surface area contributed by atoms with Gasteiger partial charge in [-0.1, -0.05) is 104 Å². The molecule has 0 bridgehead atoms. The number of nitrogen functional groups attached to an aromatic ring is 2. The number of para-hydroxylation sites is 2. The van der Waals surface area contributed by atoms with Crippen molar-refractivity contribution >= 4 is 95.6 Å². The first-order chi connectivity index (χ1) is 47.7. The first-order valence-electron chi connectivity index (χ1n) is 31.6. The lowest BCUT2D eigenvalue weighted by atomic mass is 9.98. The van der Waals surface area contributed by atoms with Crippen molar-refractivity contribution in [3.05, 3.63) is 241 Å². The van der Waals surface area contributed by atoms with Crippen LogP contribution in [0.15, 0.2) is 207 Å². The number of ether oxygens (including phenoxy) is 8. The van der Waals surface area contributed by atoms with Crippen LogP contribution in [0.4, 0.5) is 10.3 Å². The Bertz CT molecular complexity index is 4110. The van der Waals surface area contributed by atoms with Gasteiger partial charge >= 0.3 is 29.8 Å². The SMILES string of the molecule is C=CC(=O)OCCCCCCOc1ccc(C(=O)Oc2ccc(-c3ccc(CCC)cc3)c(C=N)c2)cc1.C=CC(=O)OCCCCCCOc1ccc(C(=O)Oc2ccc(C(=O)Oc3ccc(OC)cc3C=N)cc2)cc1.Nc1nc2ccccc2s1.Nc1nc2ccccc2s1. The minimum Gasteiger partial charge on any atom is -0.497 e. The molecule has 0 fully saturated rings. The molecule has 19 nitrogen and oxygen atoms in total. The Morgan fingerprint density at radius 2 is 0.888 bits per heavy atom. The maximum Gasteiger partial charge on any atom is 0.343 e. The van der Waals surface area contributed by atoms with E-state index in [9.17, 15) is 24.0 Å². The van der Waals surface area contributed by atoms with Gasteiger partial charge < -0.3 is 60.2 Å². The number of rotatable bonds is 30. The first-order valence-corrected chi connectivity index (χ1v) is 33.3. The van der Waals surface area contributed by atoms with E-state index in [4.69, 9.17) is 60.2 Å². The fourth-order valence-electron chi connectivity index (χ4n) is 9.25. The number of benzene rings is 8. The molecule has 0 saturated carbocycles. The summed E-state index contributed by atoms with van der Waals surface area (Å²) in [5.74, 6) is 0.321. The Labute approximate surface area is 577 Å². The van der Waals surface area contributed by atoms with Crippen molar-refractivity contribution in [2.45, 2.75) is 71.1 Å². The molecule has 0 radical (unpaired) electrons. The van der Waals surface area contributed by atoms with E-state index >= 15 is 0 Å². The van der Waals surface area contributed by atoms with Gasteiger partial charge in [0.2, 0.25) is 0 Å². The number of aromatic nitrogens is 2. The highest BCUT2D eigenvalue weighted by atomic mass is 32.1. The highest BCUT2D eigenvalue weighted by molar-refractivity contribution is 7.22. The second-order valence-electron chi connectivity index (χ2n) is 21.4. The number of carbonyl (C=O) groups excluding carboxylic acids is 5. The number of nitrogens with one attached hydrogen (secondary N) is 2. The molecular weight excluding hydrogens is 1280 g/mol. The molecule has 506 valence electrons. The third kappa shape index (κ3) is 24.5. The lowest BCUT2D eigenvalue weighted by Gasteiger charge is -2.11. The Kier molecular flexibility index (Phi) is 30.4. The molecule has 21 heteroatoms. The molecule has 2 heterocycles. The summed E-state index contributed by atoms with van der Waals surface area (Å²) in [5, 5.41) is 16.6. The molecule has 0 unspecified atom stereocenters. The van der Waals surface area contributed by atoms with Gasteiger partial charge in [-0.2, -0.15) is 0 Å². The van der Waals surface area contributed by atoms with Crippen molar-refractivity contribution < 1.29 is 61.9 Å². The van der Waals surface area contributed by atoms with Crippen LogP contribution in [0.3, 0.4) is 0 Å². The Hall–Kier alpha value is -11.3. The zero-order chi connectivity index (χ0) is 69.9.